The lowest BCUT2D eigenvalue weighted by Crippen LogP contribution is -2.37. The Kier molecular flexibility index (Phi) is 4.70. The van der Waals surface area contributed by atoms with E-state index in [0.717, 1.165) is 23.3 Å². The second-order valence-electron chi connectivity index (χ2n) is 6.58. The molecule has 1 N–H and O–H groups in total. The van der Waals surface area contributed by atoms with E-state index in [1.54, 1.807) is 11.0 Å². The summed E-state index contributed by atoms with van der Waals surface area (Å²) in [6, 6.07) is 9.27. The van der Waals surface area contributed by atoms with Crippen LogP contribution >= 0.6 is 11.6 Å². The number of amides is 1. The number of hydrogen-bond acceptors (Lipinski definition) is 3. The van der Waals surface area contributed by atoms with Gasteiger partial charge in [0.15, 0.2) is 5.76 Å². The Morgan fingerprint density at radius 1 is 1.42 bits per heavy atom. The summed E-state index contributed by atoms with van der Waals surface area (Å²) >= 11 is 6.01. The monoisotopic (exact) mass is 347 g/mol. The summed E-state index contributed by atoms with van der Waals surface area (Å²) < 4.78 is 5.65. The summed E-state index contributed by atoms with van der Waals surface area (Å²) in [6.07, 6.45) is 1.79. The first-order chi connectivity index (χ1) is 11.4. The summed E-state index contributed by atoms with van der Waals surface area (Å²) in [5.74, 6) is 1.04. The van der Waals surface area contributed by atoms with Gasteiger partial charge in [0.05, 0.1) is 12.1 Å². The lowest BCUT2D eigenvalue weighted by Gasteiger charge is -2.23. The van der Waals surface area contributed by atoms with Gasteiger partial charge in [-0.25, -0.2) is 0 Å². The van der Waals surface area contributed by atoms with Crippen molar-refractivity contribution in [1.82, 2.24) is 4.90 Å². The van der Waals surface area contributed by atoms with Crippen molar-refractivity contribution in [3.05, 3.63) is 58.0 Å². The zero-order valence-corrected chi connectivity index (χ0v) is 14.8. The molecule has 4 nitrogen and oxygen atoms in total. The van der Waals surface area contributed by atoms with E-state index in [4.69, 9.17) is 16.0 Å². The van der Waals surface area contributed by atoms with E-state index in [-0.39, 0.29) is 5.91 Å². The molecule has 2 heterocycles. The number of furan rings is 1. The lowest BCUT2D eigenvalue weighted by molar-refractivity contribution is 0.0434. The number of benzene rings is 1. The second-order valence-corrected chi connectivity index (χ2v) is 7.01. The largest absolute Gasteiger partial charge is 0.456 e. The van der Waals surface area contributed by atoms with Crippen molar-refractivity contribution < 1.29 is 14.3 Å². The van der Waals surface area contributed by atoms with Gasteiger partial charge in [0.2, 0.25) is 0 Å². The van der Waals surface area contributed by atoms with Crippen molar-refractivity contribution in [1.29, 1.82) is 0 Å². The van der Waals surface area contributed by atoms with E-state index in [0.29, 0.717) is 36.7 Å². The number of halogens is 1. The highest BCUT2D eigenvalue weighted by atomic mass is 35.5. The van der Waals surface area contributed by atoms with Crippen LogP contribution in [-0.4, -0.2) is 34.6 Å². The van der Waals surface area contributed by atoms with Crippen LogP contribution in [0.4, 0.5) is 0 Å². The zero-order chi connectivity index (χ0) is 17.3. The highest BCUT2D eigenvalue weighted by Gasteiger charge is 2.39. The molecule has 1 atom stereocenters. The molecule has 1 saturated heterocycles. The number of β-amino-alcohol motifs (C(OH)–C–C–N with tert-alkyl or cyclic N) is 1. The molecular weight excluding hydrogens is 326 g/mol. The third-order valence-electron chi connectivity index (χ3n) is 4.59. The first kappa shape index (κ1) is 17.1. The SMILES string of the molecule is CCc1oc(C(=O)N2CCC(O)(Cc3cccc(Cl)c3)C2)cc1C. The summed E-state index contributed by atoms with van der Waals surface area (Å²) in [6.45, 7) is 4.77. The Hall–Kier alpha value is -1.78. The molecular formula is C19H22ClNO3. The third kappa shape index (κ3) is 3.50. The Bertz CT molecular complexity index is 755. The van der Waals surface area contributed by atoms with Gasteiger partial charge in [-0.1, -0.05) is 30.7 Å². The average molecular weight is 348 g/mol. The van der Waals surface area contributed by atoms with E-state index in [9.17, 15) is 9.90 Å². The topological polar surface area (TPSA) is 53.7 Å². The molecule has 0 saturated carbocycles. The van der Waals surface area contributed by atoms with Gasteiger partial charge < -0.3 is 14.4 Å². The number of carbonyl (C=O) groups excluding carboxylic acids is 1. The predicted octanol–water partition coefficient (Wildman–Crippen LogP) is 3.62. The lowest BCUT2D eigenvalue weighted by atomic mass is 9.94. The maximum Gasteiger partial charge on any atom is 0.289 e. The van der Waals surface area contributed by atoms with E-state index in [1.807, 2.05) is 38.1 Å². The number of aryl methyl sites for hydroxylation is 2. The molecule has 1 aliphatic heterocycles. The van der Waals surface area contributed by atoms with E-state index in [2.05, 4.69) is 0 Å². The minimum absolute atomic E-state index is 0.153. The van der Waals surface area contributed by atoms with Crippen molar-refractivity contribution in [2.75, 3.05) is 13.1 Å². The Morgan fingerprint density at radius 3 is 2.88 bits per heavy atom. The normalized spacial score (nSPS) is 20.6. The van der Waals surface area contributed by atoms with Crippen LogP contribution in [-0.2, 0) is 12.8 Å². The van der Waals surface area contributed by atoms with Gasteiger partial charge in [-0.3, -0.25) is 4.79 Å². The van der Waals surface area contributed by atoms with E-state index < -0.39 is 5.60 Å². The second kappa shape index (κ2) is 6.61. The molecule has 0 bridgehead atoms. The van der Waals surface area contributed by atoms with Crippen LogP contribution in [0.15, 0.2) is 34.7 Å². The summed E-state index contributed by atoms with van der Waals surface area (Å²) in [7, 11) is 0. The molecule has 0 radical (unpaired) electrons. The molecule has 5 heteroatoms. The van der Waals surface area contributed by atoms with Crippen LogP contribution in [0.3, 0.4) is 0 Å². The maximum absolute atomic E-state index is 12.6. The molecule has 0 spiro atoms. The summed E-state index contributed by atoms with van der Waals surface area (Å²) in [4.78, 5) is 14.3. The van der Waals surface area contributed by atoms with Crippen molar-refractivity contribution in [3.63, 3.8) is 0 Å². The highest BCUT2D eigenvalue weighted by molar-refractivity contribution is 6.30. The van der Waals surface area contributed by atoms with E-state index in [1.165, 1.54) is 0 Å². The Balaban J connectivity index is 1.70. The van der Waals surface area contributed by atoms with Crippen molar-refractivity contribution >= 4 is 17.5 Å². The zero-order valence-electron chi connectivity index (χ0n) is 14.0. The summed E-state index contributed by atoms with van der Waals surface area (Å²) in [5.41, 5.74) is 1.05. The highest BCUT2D eigenvalue weighted by Crippen LogP contribution is 2.28. The van der Waals surface area contributed by atoms with Crippen molar-refractivity contribution in [3.8, 4) is 0 Å². The molecule has 1 aliphatic rings. The molecule has 1 unspecified atom stereocenters. The maximum atomic E-state index is 12.6. The van der Waals surface area contributed by atoms with Gasteiger partial charge in [-0.05, 0) is 42.7 Å². The van der Waals surface area contributed by atoms with Crippen molar-refractivity contribution in [2.24, 2.45) is 0 Å². The Morgan fingerprint density at radius 2 is 2.21 bits per heavy atom. The molecule has 2 aromatic rings. The van der Waals surface area contributed by atoms with Gasteiger partial charge in [0.1, 0.15) is 5.76 Å². The molecule has 128 valence electrons. The molecule has 1 aromatic heterocycles. The first-order valence-electron chi connectivity index (χ1n) is 8.25. The Labute approximate surface area is 147 Å². The molecule has 24 heavy (non-hydrogen) atoms. The van der Waals surface area contributed by atoms with Gasteiger partial charge in [0.25, 0.3) is 5.91 Å². The van der Waals surface area contributed by atoms with Gasteiger partial charge in [-0.2, -0.15) is 0 Å². The minimum atomic E-state index is -0.921. The van der Waals surface area contributed by atoms with Gasteiger partial charge in [0, 0.05) is 24.4 Å². The number of hydrogen-bond donors (Lipinski definition) is 1. The van der Waals surface area contributed by atoms with Crippen molar-refractivity contribution in [2.45, 2.75) is 38.7 Å². The molecule has 3 rings (SSSR count). The van der Waals surface area contributed by atoms with Gasteiger partial charge in [-0.15, -0.1) is 0 Å². The quantitative estimate of drug-likeness (QED) is 0.919. The van der Waals surface area contributed by atoms with Gasteiger partial charge >= 0.3 is 0 Å². The van der Waals surface area contributed by atoms with Crippen LogP contribution in [0.5, 0.6) is 0 Å². The minimum Gasteiger partial charge on any atom is -0.456 e. The van der Waals surface area contributed by atoms with Crippen LogP contribution in [0, 0.1) is 6.92 Å². The fraction of sp³-hybridized carbons (Fsp3) is 0.421. The fourth-order valence-corrected chi connectivity index (χ4v) is 3.55. The first-order valence-corrected chi connectivity index (χ1v) is 8.63. The number of aliphatic hydroxyl groups is 1. The summed E-state index contributed by atoms with van der Waals surface area (Å²) in [5, 5.41) is 11.5. The standard InChI is InChI=1S/C19H22ClNO3/c1-3-16-13(2)9-17(24-16)18(22)21-8-7-19(23,12-21)11-14-5-4-6-15(20)10-14/h4-6,9-10,23H,3,7-8,11-12H2,1-2H3. The fourth-order valence-electron chi connectivity index (χ4n) is 3.33. The average Bonchev–Trinajstić information content (AvgIpc) is 3.10. The van der Waals surface area contributed by atoms with Crippen LogP contribution in [0.2, 0.25) is 5.02 Å². The number of nitrogens with zero attached hydrogens (tertiary/aromatic N) is 1. The predicted molar refractivity (Wildman–Crippen MR) is 93.4 cm³/mol. The number of carbonyl (C=O) groups is 1. The molecule has 1 fully saturated rings. The van der Waals surface area contributed by atoms with Crippen LogP contribution in [0.1, 0.15) is 40.8 Å². The van der Waals surface area contributed by atoms with E-state index >= 15 is 0 Å². The smallest absolute Gasteiger partial charge is 0.289 e. The van der Waals surface area contributed by atoms with Crippen LogP contribution in [0.25, 0.3) is 0 Å². The van der Waals surface area contributed by atoms with Crippen LogP contribution < -0.4 is 0 Å². The number of likely N-dealkylation sites (tertiary alicyclic amines) is 1. The third-order valence-corrected chi connectivity index (χ3v) is 4.83. The molecule has 0 aliphatic carbocycles. The molecule has 1 amide bonds. The molecule has 1 aromatic carbocycles. The number of rotatable bonds is 4.